The topological polar surface area (TPSA) is 87.4 Å². The number of rotatable bonds is 6. The summed E-state index contributed by atoms with van der Waals surface area (Å²) < 4.78 is 15.5. The third kappa shape index (κ3) is 5.42. The number of nitrogens with one attached hydrogen (secondary N) is 2. The average Bonchev–Trinajstić information content (AvgIpc) is 3.02. The van der Waals surface area contributed by atoms with E-state index in [-0.39, 0.29) is 34.6 Å². The standard InChI is InChI=1S/C26H34Cl2FN3O2/c1-24(2,3)13-19-26(30,15-9-11-16(27)12-10-15)20(17-7-6-8-18(28)21(17)29)22(31-19)23(34)32-25(4,5)14-33/h6-12,19-20,22,31,33H,13-14,30H2,1-5H3,(H,32,34)/t19-,20-,22+,26+/m0/s1. The molecule has 8 heteroatoms. The Kier molecular flexibility index (Phi) is 7.71. The van der Waals surface area contributed by atoms with Gasteiger partial charge in [-0.05, 0) is 55.0 Å². The van der Waals surface area contributed by atoms with Gasteiger partial charge in [0.25, 0.3) is 0 Å². The Morgan fingerprint density at radius 1 is 1.15 bits per heavy atom. The molecular weight excluding hydrogens is 476 g/mol. The minimum absolute atomic E-state index is 0.0370. The molecule has 0 saturated carbocycles. The minimum atomic E-state index is -1.16. The number of carbonyl (C=O) groups excluding carboxylic acids is 1. The van der Waals surface area contributed by atoms with Crippen molar-refractivity contribution in [2.24, 2.45) is 11.1 Å². The van der Waals surface area contributed by atoms with Gasteiger partial charge in [0.1, 0.15) is 5.82 Å². The second kappa shape index (κ2) is 9.75. The first kappa shape index (κ1) is 26.9. The highest BCUT2D eigenvalue weighted by Gasteiger charge is 2.57. The lowest BCUT2D eigenvalue weighted by Crippen LogP contribution is -2.54. The van der Waals surface area contributed by atoms with Gasteiger partial charge in [0.05, 0.1) is 28.7 Å². The zero-order valence-corrected chi connectivity index (χ0v) is 21.8. The first-order valence-electron chi connectivity index (χ1n) is 11.4. The van der Waals surface area contributed by atoms with Crippen LogP contribution in [0.3, 0.4) is 0 Å². The lowest BCUT2D eigenvalue weighted by molar-refractivity contribution is -0.125. The maximum atomic E-state index is 15.5. The molecule has 1 aliphatic rings. The van der Waals surface area contributed by atoms with Crippen LogP contribution in [0.1, 0.15) is 58.1 Å². The molecule has 3 rings (SSSR count). The van der Waals surface area contributed by atoms with E-state index in [4.69, 9.17) is 28.9 Å². The Bertz CT molecular complexity index is 1040. The Morgan fingerprint density at radius 2 is 1.76 bits per heavy atom. The maximum Gasteiger partial charge on any atom is 0.238 e. The van der Waals surface area contributed by atoms with E-state index >= 15 is 4.39 Å². The fraction of sp³-hybridized carbons (Fsp3) is 0.500. The summed E-state index contributed by atoms with van der Waals surface area (Å²) in [5.41, 5.74) is 6.09. The Balaban J connectivity index is 2.24. The van der Waals surface area contributed by atoms with Crippen molar-refractivity contribution in [2.45, 2.75) is 70.1 Å². The van der Waals surface area contributed by atoms with Gasteiger partial charge in [0.15, 0.2) is 0 Å². The zero-order chi connectivity index (χ0) is 25.5. The van der Waals surface area contributed by atoms with Crippen LogP contribution in [-0.4, -0.2) is 35.2 Å². The predicted octanol–water partition coefficient (Wildman–Crippen LogP) is 4.73. The second-order valence-electron chi connectivity index (χ2n) is 11.1. The number of hydrogen-bond acceptors (Lipinski definition) is 4. The summed E-state index contributed by atoms with van der Waals surface area (Å²) in [4.78, 5) is 13.6. The van der Waals surface area contributed by atoms with Crippen LogP contribution in [0.15, 0.2) is 42.5 Å². The molecule has 0 aliphatic carbocycles. The number of nitrogens with two attached hydrogens (primary N) is 1. The van der Waals surface area contributed by atoms with E-state index in [1.165, 1.54) is 6.07 Å². The molecule has 0 radical (unpaired) electrons. The number of hydrogen-bond donors (Lipinski definition) is 4. The van der Waals surface area contributed by atoms with Crippen molar-refractivity contribution in [3.63, 3.8) is 0 Å². The maximum absolute atomic E-state index is 15.5. The van der Waals surface area contributed by atoms with Crippen LogP contribution in [0, 0.1) is 11.2 Å². The van der Waals surface area contributed by atoms with E-state index < -0.39 is 28.9 Å². The van der Waals surface area contributed by atoms with Crippen LogP contribution in [0.2, 0.25) is 10.0 Å². The normalized spacial score (nSPS) is 25.4. The summed E-state index contributed by atoms with van der Waals surface area (Å²) in [7, 11) is 0. The Morgan fingerprint density at radius 3 is 2.32 bits per heavy atom. The van der Waals surface area contributed by atoms with E-state index in [1.807, 2.05) is 12.1 Å². The first-order chi connectivity index (χ1) is 15.7. The highest BCUT2D eigenvalue weighted by Crippen LogP contribution is 2.49. The molecular formula is C26H34Cl2FN3O2. The van der Waals surface area contributed by atoms with Crippen LogP contribution in [-0.2, 0) is 10.3 Å². The molecule has 34 heavy (non-hydrogen) atoms. The fourth-order valence-corrected chi connectivity index (χ4v) is 5.09. The quantitative estimate of drug-likeness (QED) is 0.453. The van der Waals surface area contributed by atoms with Gasteiger partial charge in [-0.25, -0.2) is 4.39 Å². The van der Waals surface area contributed by atoms with Gasteiger partial charge in [-0.2, -0.15) is 0 Å². The summed E-state index contributed by atoms with van der Waals surface area (Å²) in [6.45, 7) is 9.46. The molecule has 5 nitrogen and oxygen atoms in total. The van der Waals surface area contributed by atoms with E-state index in [1.54, 1.807) is 38.1 Å². The number of aliphatic hydroxyl groups excluding tert-OH is 1. The summed E-state index contributed by atoms with van der Waals surface area (Å²) in [5, 5.41) is 16.5. The van der Waals surface area contributed by atoms with E-state index in [0.717, 1.165) is 5.56 Å². The van der Waals surface area contributed by atoms with E-state index in [2.05, 4.69) is 31.4 Å². The molecule has 0 unspecified atom stereocenters. The molecule has 1 fully saturated rings. The van der Waals surface area contributed by atoms with Crippen molar-refractivity contribution in [3.05, 3.63) is 69.5 Å². The van der Waals surface area contributed by atoms with Gasteiger partial charge in [0.2, 0.25) is 5.91 Å². The second-order valence-corrected chi connectivity index (χ2v) is 11.9. The lowest BCUT2D eigenvalue weighted by Gasteiger charge is -2.40. The van der Waals surface area contributed by atoms with Crippen molar-refractivity contribution in [1.82, 2.24) is 10.6 Å². The Labute approximate surface area is 211 Å². The van der Waals surface area contributed by atoms with Crippen molar-refractivity contribution >= 4 is 29.1 Å². The molecule has 0 spiro atoms. The SMILES string of the molecule is CC(C)(C)C[C@@H]1N[C@@H](C(=O)NC(C)(C)CO)[C@H](c2cccc(Cl)c2F)[C@@]1(N)c1ccc(Cl)cc1. The average molecular weight is 510 g/mol. The molecule has 0 aromatic heterocycles. The van der Waals surface area contributed by atoms with Gasteiger partial charge < -0.3 is 21.5 Å². The number of benzene rings is 2. The highest BCUT2D eigenvalue weighted by atomic mass is 35.5. The van der Waals surface area contributed by atoms with E-state index in [0.29, 0.717) is 11.4 Å². The fourth-order valence-electron chi connectivity index (χ4n) is 4.78. The molecule has 1 heterocycles. The molecule has 1 amide bonds. The third-order valence-corrected chi connectivity index (χ3v) is 6.97. The third-order valence-electron chi connectivity index (χ3n) is 6.42. The molecule has 4 atom stereocenters. The predicted molar refractivity (Wildman–Crippen MR) is 136 cm³/mol. The van der Waals surface area contributed by atoms with Gasteiger partial charge in [-0.1, -0.05) is 68.2 Å². The van der Waals surface area contributed by atoms with Crippen LogP contribution in [0.25, 0.3) is 0 Å². The summed E-state index contributed by atoms with van der Waals surface area (Å²) in [6.07, 6.45) is 0.623. The summed E-state index contributed by atoms with van der Waals surface area (Å²) in [5.74, 6) is -1.76. The first-order valence-corrected chi connectivity index (χ1v) is 12.1. The smallest absolute Gasteiger partial charge is 0.238 e. The molecule has 1 aliphatic heterocycles. The molecule has 186 valence electrons. The van der Waals surface area contributed by atoms with Crippen molar-refractivity contribution < 1.29 is 14.3 Å². The number of halogens is 3. The zero-order valence-electron chi connectivity index (χ0n) is 20.3. The van der Waals surface area contributed by atoms with Crippen LogP contribution >= 0.6 is 23.2 Å². The van der Waals surface area contributed by atoms with Crippen LogP contribution < -0.4 is 16.4 Å². The van der Waals surface area contributed by atoms with Crippen molar-refractivity contribution in [2.75, 3.05) is 6.61 Å². The minimum Gasteiger partial charge on any atom is -0.394 e. The monoisotopic (exact) mass is 509 g/mol. The van der Waals surface area contributed by atoms with Crippen LogP contribution in [0.4, 0.5) is 4.39 Å². The Hall–Kier alpha value is -1.70. The molecule has 5 N–H and O–H groups in total. The van der Waals surface area contributed by atoms with Gasteiger partial charge >= 0.3 is 0 Å². The lowest BCUT2D eigenvalue weighted by atomic mass is 9.68. The van der Waals surface area contributed by atoms with E-state index in [9.17, 15) is 9.90 Å². The summed E-state index contributed by atoms with van der Waals surface area (Å²) >= 11 is 12.3. The molecule has 0 bridgehead atoms. The number of aliphatic hydroxyl groups is 1. The molecule has 2 aromatic carbocycles. The number of carbonyl (C=O) groups is 1. The molecule has 1 saturated heterocycles. The highest BCUT2D eigenvalue weighted by molar-refractivity contribution is 6.31. The summed E-state index contributed by atoms with van der Waals surface area (Å²) in [6, 6.07) is 10.7. The van der Waals surface area contributed by atoms with Gasteiger partial charge in [-0.3, -0.25) is 4.79 Å². The van der Waals surface area contributed by atoms with Crippen LogP contribution in [0.5, 0.6) is 0 Å². The van der Waals surface area contributed by atoms with Crippen molar-refractivity contribution in [3.8, 4) is 0 Å². The van der Waals surface area contributed by atoms with Gasteiger partial charge in [-0.15, -0.1) is 0 Å². The largest absolute Gasteiger partial charge is 0.394 e. The molecule has 2 aromatic rings. The van der Waals surface area contributed by atoms with Crippen molar-refractivity contribution in [1.29, 1.82) is 0 Å². The number of amides is 1. The van der Waals surface area contributed by atoms with Gasteiger partial charge in [0, 0.05) is 17.0 Å².